The van der Waals surface area contributed by atoms with Crippen LogP contribution in [0.2, 0.25) is 0 Å². The predicted octanol–water partition coefficient (Wildman–Crippen LogP) is 6.65. The molecule has 0 fully saturated rings. The highest BCUT2D eigenvalue weighted by Crippen LogP contribution is 2.59. The summed E-state index contributed by atoms with van der Waals surface area (Å²) in [6, 6.07) is 33.1. The van der Waals surface area contributed by atoms with E-state index in [0.717, 1.165) is 12.6 Å². The van der Waals surface area contributed by atoms with Crippen molar-refractivity contribution < 1.29 is 4.79 Å². The van der Waals surface area contributed by atoms with E-state index in [1.54, 1.807) is 0 Å². The van der Waals surface area contributed by atoms with Gasteiger partial charge >= 0.3 is 0 Å². The molecule has 0 saturated heterocycles. The van der Waals surface area contributed by atoms with E-state index in [9.17, 15) is 4.79 Å². The normalized spacial score (nSPS) is 13.6. The Morgan fingerprint density at radius 1 is 0.688 bits per heavy atom. The summed E-state index contributed by atoms with van der Waals surface area (Å²) in [7, 11) is -1.91. The third kappa shape index (κ3) is 5.38. The van der Waals surface area contributed by atoms with Crippen LogP contribution in [0.5, 0.6) is 0 Å². The van der Waals surface area contributed by atoms with E-state index >= 15 is 0 Å². The van der Waals surface area contributed by atoms with Crippen molar-refractivity contribution in [2.24, 2.45) is 16.7 Å². The Balaban J connectivity index is 2.14. The van der Waals surface area contributed by atoms with Crippen LogP contribution >= 0.6 is 7.26 Å². The molecule has 0 heterocycles. The molecular formula is C30H38OP+. The van der Waals surface area contributed by atoms with E-state index in [0.29, 0.717) is 5.78 Å². The molecule has 1 nitrogen and oxygen atoms in total. The van der Waals surface area contributed by atoms with Crippen LogP contribution in [0, 0.1) is 16.7 Å². The Hall–Kier alpha value is -2.24. The highest BCUT2D eigenvalue weighted by Gasteiger charge is 2.49. The molecule has 2 heteroatoms. The first-order valence-corrected chi connectivity index (χ1v) is 13.6. The van der Waals surface area contributed by atoms with Gasteiger partial charge < -0.3 is 0 Å². The number of carbonyl (C=O) groups excluding carboxylic acids is 1. The summed E-state index contributed by atoms with van der Waals surface area (Å²) in [5.74, 6) is 0.392. The van der Waals surface area contributed by atoms with Crippen molar-refractivity contribution in [3.8, 4) is 0 Å². The van der Waals surface area contributed by atoms with Crippen LogP contribution in [0.1, 0.15) is 48.0 Å². The molecule has 3 aromatic carbocycles. The van der Waals surface area contributed by atoms with Gasteiger partial charge in [0.15, 0.2) is 0 Å². The highest BCUT2D eigenvalue weighted by atomic mass is 31.2. The molecule has 0 saturated carbocycles. The molecule has 0 aliphatic carbocycles. The van der Waals surface area contributed by atoms with Crippen LogP contribution in [-0.2, 0) is 4.79 Å². The lowest BCUT2D eigenvalue weighted by Crippen LogP contribution is -2.39. The average molecular weight is 446 g/mol. The molecule has 0 N–H and O–H groups in total. The second-order valence-corrected chi connectivity index (χ2v) is 14.3. The van der Waals surface area contributed by atoms with E-state index in [1.165, 1.54) is 15.9 Å². The number of hydrogen-bond acceptors (Lipinski definition) is 1. The second-order valence-electron chi connectivity index (χ2n) is 10.9. The summed E-state index contributed by atoms with van der Waals surface area (Å²) in [4.78, 5) is 13.0. The summed E-state index contributed by atoms with van der Waals surface area (Å²) < 4.78 is 0. The van der Waals surface area contributed by atoms with Crippen molar-refractivity contribution in [1.82, 2.24) is 0 Å². The number of Topliss-reactive ketones (excluding diaryl/α,β-unsaturated/α-hetero) is 1. The number of benzene rings is 3. The van der Waals surface area contributed by atoms with Gasteiger partial charge in [0, 0.05) is 16.7 Å². The number of rotatable bonds is 8. The molecule has 0 spiro atoms. The van der Waals surface area contributed by atoms with Crippen LogP contribution < -0.4 is 15.9 Å². The van der Waals surface area contributed by atoms with Gasteiger partial charge in [0.2, 0.25) is 0 Å². The molecule has 168 valence electrons. The maximum Gasteiger partial charge on any atom is 0.141 e. The van der Waals surface area contributed by atoms with Crippen molar-refractivity contribution in [3.05, 3.63) is 91.0 Å². The molecule has 3 rings (SSSR count). The highest BCUT2D eigenvalue weighted by molar-refractivity contribution is 7.95. The minimum atomic E-state index is -1.91. The van der Waals surface area contributed by atoms with Crippen LogP contribution in [0.3, 0.4) is 0 Å². The maximum atomic E-state index is 13.0. The minimum Gasteiger partial charge on any atom is -0.299 e. The molecule has 1 unspecified atom stereocenters. The monoisotopic (exact) mass is 445 g/mol. The van der Waals surface area contributed by atoms with E-state index in [4.69, 9.17) is 0 Å². The van der Waals surface area contributed by atoms with E-state index in [1.807, 2.05) is 20.8 Å². The Bertz CT molecular complexity index is 904. The Kier molecular flexibility index (Phi) is 7.41. The molecule has 3 aromatic rings. The van der Waals surface area contributed by atoms with Gasteiger partial charge in [0.05, 0.1) is 6.16 Å². The molecule has 32 heavy (non-hydrogen) atoms. The van der Waals surface area contributed by atoms with Gasteiger partial charge in [0.25, 0.3) is 0 Å². The summed E-state index contributed by atoms with van der Waals surface area (Å²) in [5.41, 5.74) is -0.310. The zero-order chi connectivity index (χ0) is 23.4. The molecule has 0 amide bonds. The largest absolute Gasteiger partial charge is 0.299 e. The van der Waals surface area contributed by atoms with Gasteiger partial charge in [-0.2, -0.15) is 0 Å². The van der Waals surface area contributed by atoms with Crippen LogP contribution in [-0.4, -0.2) is 11.9 Å². The van der Waals surface area contributed by atoms with Crippen LogP contribution in [0.4, 0.5) is 0 Å². The molecule has 0 aliphatic heterocycles. The molecule has 1 atom stereocenters. The molecular weight excluding hydrogens is 407 g/mol. The maximum absolute atomic E-state index is 13.0. The zero-order valence-electron chi connectivity index (χ0n) is 20.5. The summed E-state index contributed by atoms with van der Waals surface area (Å²) >= 11 is 0. The quantitative estimate of drug-likeness (QED) is 0.355. The molecule has 0 aliphatic rings. The summed E-state index contributed by atoms with van der Waals surface area (Å²) in [6.45, 7) is 12.9. The topological polar surface area (TPSA) is 17.1 Å². The van der Waals surface area contributed by atoms with Gasteiger partial charge in [-0.3, -0.25) is 4.79 Å². The van der Waals surface area contributed by atoms with E-state index < -0.39 is 7.26 Å². The first-order chi connectivity index (χ1) is 15.1. The number of hydrogen-bond donors (Lipinski definition) is 0. The Labute approximate surface area is 195 Å². The molecule has 0 radical (unpaired) electrons. The fraction of sp³-hybridized carbons (Fsp3) is 0.367. The third-order valence-corrected chi connectivity index (χ3v) is 11.2. The van der Waals surface area contributed by atoms with Crippen molar-refractivity contribution in [2.45, 2.75) is 48.0 Å². The van der Waals surface area contributed by atoms with Gasteiger partial charge in [-0.05, 0) is 42.8 Å². The van der Waals surface area contributed by atoms with Crippen LogP contribution in [0.15, 0.2) is 91.0 Å². The number of carbonyl (C=O) groups is 1. The predicted molar refractivity (Wildman–Crippen MR) is 142 cm³/mol. The van der Waals surface area contributed by atoms with E-state index in [-0.39, 0.29) is 16.7 Å². The molecule has 0 bridgehead atoms. The summed E-state index contributed by atoms with van der Waals surface area (Å²) in [5, 5.41) is 4.21. The van der Waals surface area contributed by atoms with Crippen molar-refractivity contribution in [1.29, 1.82) is 0 Å². The lowest BCUT2D eigenvalue weighted by atomic mass is 9.76. The van der Waals surface area contributed by atoms with Crippen molar-refractivity contribution in [3.63, 3.8) is 0 Å². The fourth-order valence-corrected chi connectivity index (χ4v) is 10.0. The van der Waals surface area contributed by atoms with Gasteiger partial charge in [-0.1, -0.05) is 96.1 Å². The summed E-state index contributed by atoms with van der Waals surface area (Å²) in [6.07, 6.45) is 1.91. The van der Waals surface area contributed by atoms with Gasteiger partial charge in [-0.25, -0.2) is 0 Å². The van der Waals surface area contributed by atoms with Gasteiger partial charge in [0.1, 0.15) is 29.0 Å². The Morgan fingerprint density at radius 3 is 1.34 bits per heavy atom. The van der Waals surface area contributed by atoms with Crippen molar-refractivity contribution >= 4 is 29.0 Å². The third-order valence-electron chi connectivity index (χ3n) is 6.30. The zero-order valence-corrected chi connectivity index (χ0v) is 21.4. The van der Waals surface area contributed by atoms with Crippen molar-refractivity contribution in [2.75, 3.05) is 6.16 Å². The fourth-order valence-electron chi connectivity index (χ4n) is 5.14. The lowest BCUT2D eigenvalue weighted by molar-refractivity contribution is -0.130. The smallest absolute Gasteiger partial charge is 0.141 e. The average Bonchev–Trinajstić information content (AvgIpc) is 2.78. The molecule has 0 aromatic heterocycles. The van der Waals surface area contributed by atoms with Gasteiger partial charge in [-0.15, -0.1) is 0 Å². The number of ketones is 1. The first-order valence-electron chi connectivity index (χ1n) is 11.7. The first kappa shape index (κ1) is 24.4. The van der Waals surface area contributed by atoms with E-state index in [2.05, 4.69) is 112 Å². The minimum absolute atomic E-state index is 0.00434. The SMILES string of the molecule is CC(CC(C)(C)C[P+](c1ccccc1)(c1ccccc1)c1ccccc1)C(=O)C(C)(C)C. The Morgan fingerprint density at radius 2 is 1.03 bits per heavy atom. The van der Waals surface area contributed by atoms with Crippen LogP contribution in [0.25, 0.3) is 0 Å². The second kappa shape index (κ2) is 9.72. The lowest BCUT2D eigenvalue weighted by Gasteiger charge is -2.36. The standard InChI is InChI=1S/C30H38OP/c1-24(28(31)29(2,3)4)22-30(5,6)23-32(25-16-10-7-11-17-25,26-18-12-8-13-19-26)27-20-14-9-15-21-27/h7-21,24H,22-23H2,1-6H3/q+1.